The van der Waals surface area contributed by atoms with E-state index in [4.69, 9.17) is 19.6 Å². The van der Waals surface area contributed by atoms with Crippen LogP contribution in [0.5, 0.6) is 0 Å². The summed E-state index contributed by atoms with van der Waals surface area (Å²) in [6.07, 6.45) is 3.36. The summed E-state index contributed by atoms with van der Waals surface area (Å²) in [4.78, 5) is 45.7. The Hall–Kier alpha value is -1.14. The number of carbonyl (C=O) groups is 2. The Kier molecular flexibility index (Phi) is 8.57. The standard InChI is InChI=1S/C24H44O6/c1-12-13-23(10,11)18(16(2)14-21(4,5)6)19(25)27-28-20(26)24(29-30-24)17(3)15-22(7,8)9/h16-18H,12-15H2,1-11H3. The first-order chi connectivity index (χ1) is 13.4. The Morgan fingerprint density at radius 2 is 1.37 bits per heavy atom. The van der Waals surface area contributed by atoms with E-state index in [-0.39, 0.29) is 28.1 Å². The molecule has 0 aromatic carbocycles. The topological polar surface area (TPSA) is 77.7 Å². The molecule has 30 heavy (non-hydrogen) atoms. The molecule has 0 N–H and O–H groups in total. The van der Waals surface area contributed by atoms with Crippen LogP contribution in [0.1, 0.15) is 102 Å². The van der Waals surface area contributed by atoms with Gasteiger partial charge in [-0.1, -0.05) is 82.6 Å². The Morgan fingerprint density at radius 3 is 1.77 bits per heavy atom. The van der Waals surface area contributed by atoms with Crippen LogP contribution < -0.4 is 0 Å². The van der Waals surface area contributed by atoms with Crippen molar-refractivity contribution in [2.24, 2.45) is 34.0 Å². The van der Waals surface area contributed by atoms with E-state index in [0.29, 0.717) is 6.42 Å². The van der Waals surface area contributed by atoms with Gasteiger partial charge in [-0.25, -0.2) is 19.4 Å². The van der Waals surface area contributed by atoms with Crippen LogP contribution in [0.2, 0.25) is 0 Å². The van der Waals surface area contributed by atoms with E-state index >= 15 is 0 Å². The molecule has 0 spiro atoms. The van der Waals surface area contributed by atoms with Crippen molar-refractivity contribution in [1.29, 1.82) is 0 Å². The lowest BCUT2D eigenvalue weighted by atomic mass is 9.66. The highest BCUT2D eigenvalue weighted by molar-refractivity contribution is 5.81. The van der Waals surface area contributed by atoms with Crippen molar-refractivity contribution in [3.8, 4) is 0 Å². The van der Waals surface area contributed by atoms with Crippen molar-refractivity contribution in [3.05, 3.63) is 0 Å². The summed E-state index contributed by atoms with van der Waals surface area (Å²) >= 11 is 0. The van der Waals surface area contributed by atoms with Crippen LogP contribution in [0, 0.1) is 34.0 Å². The van der Waals surface area contributed by atoms with Gasteiger partial charge in [-0.3, -0.25) is 0 Å². The number of hydrogen-bond acceptors (Lipinski definition) is 6. The van der Waals surface area contributed by atoms with Crippen molar-refractivity contribution < 1.29 is 29.1 Å². The smallest absolute Gasteiger partial charge is 0.247 e. The van der Waals surface area contributed by atoms with Gasteiger partial charge in [0.15, 0.2) is 0 Å². The van der Waals surface area contributed by atoms with Crippen LogP contribution >= 0.6 is 0 Å². The van der Waals surface area contributed by atoms with Crippen LogP contribution in [0.4, 0.5) is 0 Å². The minimum absolute atomic E-state index is 0.0175. The number of rotatable bonds is 9. The average Bonchev–Trinajstić information content (AvgIpc) is 3.30. The van der Waals surface area contributed by atoms with Gasteiger partial charge in [0.1, 0.15) is 0 Å². The average molecular weight is 429 g/mol. The van der Waals surface area contributed by atoms with Gasteiger partial charge in [0.05, 0.1) is 5.92 Å². The van der Waals surface area contributed by atoms with Crippen LogP contribution in [-0.2, 0) is 29.1 Å². The normalized spacial score (nSPS) is 19.6. The van der Waals surface area contributed by atoms with Gasteiger partial charge < -0.3 is 0 Å². The van der Waals surface area contributed by atoms with E-state index in [1.165, 1.54) is 0 Å². The summed E-state index contributed by atoms with van der Waals surface area (Å²) in [5, 5.41) is 0. The Labute approximate surface area is 183 Å². The molecule has 0 aromatic heterocycles. The zero-order chi connectivity index (χ0) is 23.5. The fraction of sp³-hybridized carbons (Fsp3) is 0.917. The molecule has 1 saturated heterocycles. The summed E-state index contributed by atoms with van der Waals surface area (Å²) in [6, 6.07) is 0. The molecule has 1 aliphatic rings. The predicted molar refractivity (Wildman–Crippen MR) is 116 cm³/mol. The fourth-order valence-electron chi connectivity index (χ4n) is 4.93. The molecule has 0 aromatic rings. The third kappa shape index (κ3) is 7.52. The molecular weight excluding hydrogens is 384 g/mol. The SMILES string of the molecule is CCCC(C)(C)C(C(=O)OOC(=O)C1(C(C)CC(C)(C)C)OO1)C(C)CC(C)(C)C. The highest BCUT2D eigenvalue weighted by Gasteiger charge is 2.64. The van der Waals surface area contributed by atoms with Gasteiger partial charge in [-0.05, 0) is 41.4 Å². The van der Waals surface area contributed by atoms with E-state index in [9.17, 15) is 9.59 Å². The van der Waals surface area contributed by atoms with Crippen molar-refractivity contribution in [2.75, 3.05) is 0 Å². The minimum Gasteiger partial charge on any atom is -0.247 e. The molecule has 0 amide bonds. The van der Waals surface area contributed by atoms with E-state index in [2.05, 4.69) is 69.2 Å². The summed E-state index contributed by atoms with van der Waals surface area (Å²) in [5.41, 5.74) is -0.234. The first-order valence-electron chi connectivity index (χ1n) is 11.2. The van der Waals surface area contributed by atoms with Crippen LogP contribution in [-0.4, -0.2) is 17.7 Å². The zero-order valence-corrected chi connectivity index (χ0v) is 21.0. The Bertz CT molecular complexity index is 592. The molecule has 1 heterocycles. The quantitative estimate of drug-likeness (QED) is 0.246. The van der Waals surface area contributed by atoms with Crippen molar-refractivity contribution in [1.82, 2.24) is 0 Å². The molecule has 6 nitrogen and oxygen atoms in total. The maximum Gasteiger partial charge on any atom is 0.420 e. The summed E-state index contributed by atoms with van der Waals surface area (Å²) in [7, 11) is 0. The lowest BCUT2D eigenvalue weighted by Gasteiger charge is -2.38. The highest BCUT2D eigenvalue weighted by Crippen LogP contribution is 2.45. The van der Waals surface area contributed by atoms with Gasteiger partial charge in [0.25, 0.3) is 0 Å². The number of carbonyl (C=O) groups excluding carboxylic acids is 2. The molecule has 176 valence electrons. The molecule has 0 radical (unpaired) electrons. The van der Waals surface area contributed by atoms with Crippen molar-refractivity contribution in [2.45, 2.75) is 108 Å². The molecule has 6 heteroatoms. The Morgan fingerprint density at radius 1 is 0.867 bits per heavy atom. The molecular formula is C24H44O6. The van der Waals surface area contributed by atoms with Crippen LogP contribution in [0.3, 0.4) is 0 Å². The third-order valence-corrected chi connectivity index (χ3v) is 5.81. The molecule has 3 atom stereocenters. The maximum absolute atomic E-state index is 13.1. The van der Waals surface area contributed by atoms with E-state index in [1.54, 1.807) is 0 Å². The van der Waals surface area contributed by atoms with E-state index < -0.39 is 23.6 Å². The molecule has 0 saturated carbocycles. The van der Waals surface area contributed by atoms with Gasteiger partial charge in [0.2, 0.25) is 0 Å². The molecule has 1 aliphatic heterocycles. The fourth-order valence-corrected chi connectivity index (χ4v) is 4.93. The molecule has 3 unspecified atom stereocenters. The van der Waals surface area contributed by atoms with E-state index in [0.717, 1.165) is 19.3 Å². The molecule has 1 fully saturated rings. The lowest BCUT2D eigenvalue weighted by molar-refractivity contribution is -0.271. The third-order valence-electron chi connectivity index (χ3n) is 5.81. The zero-order valence-electron chi connectivity index (χ0n) is 21.0. The Balaban J connectivity index is 2.88. The largest absolute Gasteiger partial charge is 0.420 e. The van der Waals surface area contributed by atoms with Crippen molar-refractivity contribution in [3.63, 3.8) is 0 Å². The van der Waals surface area contributed by atoms with Crippen LogP contribution in [0.25, 0.3) is 0 Å². The van der Waals surface area contributed by atoms with E-state index in [1.807, 2.05) is 6.92 Å². The van der Waals surface area contributed by atoms with Crippen LogP contribution in [0.15, 0.2) is 0 Å². The molecule has 0 bridgehead atoms. The monoisotopic (exact) mass is 428 g/mol. The lowest BCUT2D eigenvalue weighted by Crippen LogP contribution is -2.40. The number of hydrogen-bond donors (Lipinski definition) is 0. The maximum atomic E-state index is 13.1. The van der Waals surface area contributed by atoms with Gasteiger partial charge in [0, 0.05) is 5.92 Å². The molecule has 1 rings (SSSR count). The summed E-state index contributed by atoms with van der Waals surface area (Å²) in [5.74, 6) is -3.39. The van der Waals surface area contributed by atoms with Crippen molar-refractivity contribution >= 4 is 11.9 Å². The second kappa shape index (κ2) is 9.56. The summed E-state index contributed by atoms with van der Waals surface area (Å²) in [6.45, 7) is 22.8. The van der Waals surface area contributed by atoms with Gasteiger partial charge in [-0.2, -0.15) is 9.78 Å². The van der Waals surface area contributed by atoms with Gasteiger partial charge in [-0.15, -0.1) is 0 Å². The second-order valence-corrected chi connectivity index (χ2v) is 12.2. The first-order valence-corrected chi connectivity index (χ1v) is 11.2. The highest BCUT2D eigenvalue weighted by atomic mass is 17.4. The second-order valence-electron chi connectivity index (χ2n) is 12.2. The van der Waals surface area contributed by atoms with Gasteiger partial charge >= 0.3 is 17.7 Å². The first kappa shape index (κ1) is 26.9. The predicted octanol–water partition coefficient (Wildman–Crippen LogP) is 6.23. The minimum atomic E-state index is -1.49. The summed E-state index contributed by atoms with van der Waals surface area (Å²) < 4.78 is 0. The molecule has 0 aliphatic carbocycles.